The van der Waals surface area contributed by atoms with Gasteiger partial charge in [0.15, 0.2) is 0 Å². The molecule has 1 aromatic rings. The molecule has 1 amide bonds. The molecule has 1 aliphatic heterocycles. The predicted molar refractivity (Wildman–Crippen MR) is 82.4 cm³/mol. The molecule has 1 N–H and O–H groups in total. The first-order chi connectivity index (χ1) is 9.82. The van der Waals surface area contributed by atoms with E-state index >= 15 is 0 Å². The second-order valence-electron chi connectivity index (χ2n) is 5.38. The summed E-state index contributed by atoms with van der Waals surface area (Å²) in [5.41, 5.74) is -0.0921. The highest BCUT2D eigenvalue weighted by atomic mass is 35.5. The quantitative estimate of drug-likeness (QED) is 0.866. The molecule has 0 spiro atoms. The van der Waals surface area contributed by atoms with Crippen LogP contribution in [0.15, 0.2) is 24.3 Å². The highest BCUT2D eigenvalue weighted by Crippen LogP contribution is 2.30. The van der Waals surface area contributed by atoms with Crippen molar-refractivity contribution in [2.45, 2.75) is 13.3 Å². The number of rotatable bonds is 3. The van der Waals surface area contributed by atoms with Crippen molar-refractivity contribution in [1.82, 2.24) is 4.90 Å². The fourth-order valence-corrected chi connectivity index (χ4v) is 2.52. The number of carbonyl (C=O) groups is 2. The molecular weight excluding hydrogens is 313 g/mol. The van der Waals surface area contributed by atoms with Gasteiger partial charge in [0.25, 0.3) is 0 Å². The van der Waals surface area contributed by atoms with Crippen LogP contribution in [-0.2, 0) is 9.59 Å². The van der Waals surface area contributed by atoms with Gasteiger partial charge in [-0.05, 0) is 37.1 Å². The fraction of sp³-hybridized carbons (Fsp3) is 0.333. The Morgan fingerprint density at radius 1 is 1.33 bits per heavy atom. The zero-order chi connectivity index (χ0) is 15.6. The second-order valence-corrected chi connectivity index (χ2v) is 6.20. The minimum Gasteiger partial charge on any atom is -0.481 e. The highest BCUT2D eigenvalue weighted by Gasteiger charge is 2.41. The third kappa shape index (κ3) is 3.57. The van der Waals surface area contributed by atoms with Crippen molar-refractivity contribution in [2.75, 3.05) is 13.1 Å². The van der Waals surface area contributed by atoms with Crippen LogP contribution in [0.2, 0.25) is 10.0 Å². The molecule has 2 rings (SSSR count). The van der Waals surface area contributed by atoms with E-state index in [9.17, 15) is 9.59 Å². The van der Waals surface area contributed by atoms with Crippen LogP contribution in [0.5, 0.6) is 0 Å². The van der Waals surface area contributed by atoms with Crippen LogP contribution >= 0.6 is 23.2 Å². The van der Waals surface area contributed by atoms with Crippen LogP contribution in [0.4, 0.5) is 0 Å². The van der Waals surface area contributed by atoms with E-state index in [2.05, 4.69) is 0 Å². The van der Waals surface area contributed by atoms with E-state index in [1.165, 1.54) is 6.08 Å². The maximum atomic E-state index is 12.1. The first kappa shape index (κ1) is 15.9. The van der Waals surface area contributed by atoms with Gasteiger partial charge in [0, 0.05) is 19.2 Å². The van der Waals surface area contributed by atoms with Crippen LogP contribution in [0.3, 0.4) is 0 Å². The van der Waals surface area contributed by atoms with Gasteiger partial charge in [-0.3, -0.25) is 9.59 Å². The van der Waals surface area contributed by atoms with Crippen molar-refractivity contribution in [3.05, 3.63) is 39.9 Å². The normalized spacial score (nSPS) is 22.0. The van der Waals surface area contributed by atoms with Gasteiger partial charge in [-0.1, -0.05) is 29.3 Å². The van der Waals surface area contributed by atoms with Crippen LogP contribution < -0.4 is 0 Å². The van der Waals surface area contributed by atoms with Crippen molar-refractivity contribution in [3.8, 4) is 0 Å². The molecule has 21 heavy (non-hydrogen) atoms. The Kier molecular flexibility index (Phi) is 4.59. The zero-order valence-electron chi connectivity index (χ0n) is 11.5. The third-order valence-electron chi connectivity index (χ3n) is 3.66. The standard InChI is InChI=1S/C15H15Cl2NO3/c1-15(14(20)21)6-7-18(9-15)13(19)5-3-10-2-4-11(16)12(17)8-10/h2-5,8H,6-7,9H2,1H3,(H,20,21). The van der Waals surface area contributed by atoms with Crippen LogP contribution in [-0.4, -0.2) is 35.0 Å². The lowest BCUT2D eigenvalue weighted by molar-refractivity contribution is -0.147. The first-order valence-corrected chi connectivity index (χ1v) is 7.23. The van der Waals surface area contributed by atoms with Crippen molar-refractivity contribution in [2.24, 2.45) is 5.41 Å². The zero-order valence-corrected chi connectivity index (χ0v) is 13.0. The number of amides is 1. The lowest BCUT2D eigenvalue weighted by atomic mass is 9.90. The van der Waals surface area contributed by atoms with E-state index in [1.807, 2.05) is 0 Å². The summed E-state index contributed by atoms with van der Waals surface area (Å²) in [4.78, 5) is 24.8. The summed E-state index contributed by atoms with van der Waals surface area (Å²) in [6.07, 6.45) is 3.53. The van der Waals surface area contributed by atoms with E-state index in [0.717, 1.165) is 5.56 Å². The minimum absolute atomic E-state index is 0.203. The van der Waals surface area contributed by atoms with Crippen molar-refractivity contribution in [1.29, 1.82) is 0 Å². The molecule has 1 heterocycles. The molecule has 1 unspecified atom stereocenters. The maximum Gasteiger partial charge on any atom is 0.311 e. The summed E-state index contributed by atoms with van der Waals surface area (Å²) in [6.45, 7) is 2.34. The molecule has 0 radical (unpaired) electrons. The van der Waals surface area contributed by atoms with E-state index in [-0.39, 0.29) is 12.5 Å². The number of hydrogen-bond donors (Lipinski definition) is 1. The Labute approximate surface area is 133 Å². The molecule has 0 aromatic heterocycles. The van der Waals surface area contributed by atoms with Gasteiger partial charge in [-0.2, -0.15) is 0 Å². The average molecular weight is 328 g/mol. The van der Waals surface area contributed by atoms with E-state index < -0.39 is 11.4 Å². The summed E-state index contributed by atoms with van der Waals surface area (Å²) < 4.78 is 0. The second kappa shape index (κ2) is 6.08. The SMILES string of the molecule is CC1(C(=O)O)CCN(C(=O)C=Cc2ccc(Cl)c(Cl)c2)C1. The molecule has 6 heteroatoms. The first-order valence-electron chi connectivity index (χ1n) is 6.47. The fourth-order valence-electron chi connectivity index (χ4n) is 2.21. The number of carboxylic acids is 1. The van der Waals surface area contributed by atoms with Crippen molar-refractivity contribution < 1.29 is 14.7 Å². The van der Waals surface area contributed by atoms with Crippen molar-refractivity contribution >= 4 is 41.2 Å². The minimum atomic E-state index is -0.869. The van der Waals surface area contributed by atoms with E-state index in [0.29, 0.717) is 23.0 Å². The Balaban J connectivity index is 2.03. The summed E-state index contributed by atoms with van der Waals surface area (Å²) in [5.74, 6) is -1.07. The van der Waals surface area contributed by atoms with Gasteiger partial charge in [0.2, 0.25) is 5.91 Å². The van der Waals surface area contributed by atoms with Crippen molar-refractivity contribution in [3.63, 3.8) is 0 Å². The molecule has 112 valence electrons. The summed E-state index contributed by atoms with van der Waals surface area (Å²) in [7, 11) is 0. The molecule has 1 aromatic carbocycles. The Morgan fingerprint density at radius 2 is 2.05 bits per heavy atom. The predicted octanol–water partition coefficient (Wildman–Crippen LogP) is 3.33. The molecule has 0 aliphatic carbocycles. The van der Waals surface area contributed by atoms with E-state index in [4.69, 9.17) is 28.3 Å². The number of carbonyl (C=O) groups excluding carboxylic acids is 1. The Hall–Kier alpha value is -1.52. The van der Waals surface area contributed by atoms with Crippen LogP contribution in [0.1, 0.15) is 18.9 Å². The number of halogens is 2. The number of aliphatic carboxylic acids is 1. The van der Waals surface area contributed by atoms with Gasteiger partial charge in [-0.25, -0.2) is 0 Å². The summed E-state index contributed by atoms with van der Waals surface area (Å²) in [5, 5.41) is 10.0. The van der Waals surface area contributed by atoms with E-state index in [1.54, 1.807) is 36.1 Å². The Bertz CT molecular complexity index is 615. The largest absolute Gasteiger partial charge is 0.481 e. The molecule has 0 bridgehead atoms. The number of carboxylic acid groups (broad SMARTS) is 1. The molecule has 1 atom stereocenters. The molecular formula is C15H15Cl2NO3. The van der Waals surface area contributed by atoms with Crippen LogP contribution in [0.25, 0.3) is 6.08 Å². The smallest absolute Gasteiger partial charge is 0.311 e. The Morgan fingerprint density at radius 3 is 2.62 bits per heavy atom. The monoisotopic (exact) mass is 327 g/mol. The number of likely N-dealkylation sites (tertiary alicyclic amines) is 1. The van der Waals surface area contributed by atoms with Crippen LogP contribution in [0, 0.1) is 5.41 Å². The number of nitrogens with zero attached hydrogens (tertiary/aromatic N) is 1. The molecule has 1 saturated heterocycles. The maximum absolute atomic E-state index is 12.1. The lowest BCUT2D eigenvalue weighted by Gasteiger charge is -2.18. The van der Waals surface area contributed by atoms with Gasteiger partial charge in [0.05, 0.1) is 15.5 Å². The number of hydrogen-bond acceptors (Lipinski definition) is 2. The summed E-state index contributed by atoms with van der Waals surface area (Å²) in [6, 6.07) is 5.08. The molecule has 1 fully saturated rings. The van der Waals surface area contributed by atoms with Gasteiger partial charge >= 0.3 is 5.97 Å². The third-order valence-corrected chi connectivity index (χ3v) is 4.40. The molecule has 0 saturated carbocycles. The van der Waals surface area contributed by atoms with Gasteiger partial charge < -0.3 is 10.0 Å². The molecule has 4 nitrogen and oxygen atoms in total. The highest BCUT2D eigenvalue weighted by molar-refractivity contribution is 6.42. The van der Waals surface area contributed by atoms with Gasteiger partial charge in [0.1, 0.15) is 0 Å². The average Bonchev–Trinajstić information content (AvgIpc) is 2.84. The van der Waals surface area contributed by atoms with Gasteiger partial charge in [-0.15, -0.1) is 0 Å². The topological polar surface area (TPSA) is 57.6 Å². The number of benzene rings is 1. The summed E-state index contributed by atoms with van der Waals surface area (Å²) >= 11 is 11.7. The molecule has 1 aliphatic rings. The lowest BCUT2D eigenvalue weighted by Crippen LogP contribution is -2.34.